The number of hydrogen-bond donors (Lipinski definition) is 0. The molecule has 1 heterocycles. The van der Waals surface area contributed by atoms with Gasteiger partial charge in [-0.15, -0.1) is 6.58 Å². The Morgan fingerprint density at radius 2 is 2.11 bits per heavy atom. The van der Waals surface area contributed by atoms with E-state index in [2.05, 4.69) is 11.5 Å². The van der Waals surface area contributed by atoms with Crippen molar-refractivity contribution in [2.45, 2.75) is 25.3 Å². The van der Waals surface area contributed by atoms with Crippen molar-refractivity contribution in [1.29, 1.82) is 0 Å². The summed E-state index contributed by atoms with van der Waals surface area (Å²) in [4.78, 5) is 14.6. The van der Waals surface area contributed by atoms with E-state index in [0.29, 0.717) is 5.56 Å². The topological polar surface area (TPSA) is 20.3 Å². The molecule has 1 saturated heterocycles. The van der Waals surface area contributed by atoms with Crippen molar-refractivity contribution in [3.05, 3.63) is 48.3 Å². The molecule has 2 rings (SSSR count). The second-order valence-electron chi connectivity index (χ2n) is 4.67. The van der Waals surface area contributed by atoms with Gasteiger partial charge in [-0.1, -0.05) is 12.5 Å². The Kier molecular flexibility index (Phi) is 4.26. The molecule has 1 unspecified atom stereocenters. The molecule has 1 fully saturated rings. The van der Waals surface area contributed by atoms with E-state index in [0.717, 1.165) is 32.4 Å². The van der Waals surface area contributed by atoms with Crippen LogP contribution in [0.25, 0.3) is 0 Å². The molecule has 0 amide bonds. The van der Waals surface area contributed by atoms with Gasteiger partial charge in [0.15, 0.2) is 5.78 Å². The number of Topliss-reactive ketones (excluding diaryl/α,β-unsaturated/α-hetero) is 1. The van der Waals surface area contributed by atoms with Crippen molar-refractivity contribution in [3.63, 3.8) is 0 Å². The number of carbonyl (C=O) groups is 1. The summed E-state index contributed by atoms with van der Waals surface area (Å²) < 4.78 is 12.9. The number of nitrogens with zero attached hydrogens (tertiary/aromatic N) is 1. The molecular formula is C15H18FNO. The monoisotopic (exact) mass is 247 g/mol. The lowest BCUT2D eigenvalue weighted by Crippen LogP contribution is -2.44. The predicted molar refractivity (Wildman–Crippen MR) is 70.1 cm³/mol. The Morgan fingerprint density at radius 1 is 1.39 bits per heavy atom. The first-order chi connectivity index (χ1) is 8.72. The van der Waals surface area contributed by atoms with Gasteiger partial charge in [-0.05, 0) is 43.7 Å². The van der Waals surface area contributed by atoms with Crippen LogP contribution in [-0.4, -0.2) is 29.8 Å². The van der Waals surface area contributed by atoms with Crippen LogP contribution in [-0.2, 0) is 0 Å². The molecule has 2 nitrogen and oxygen atoms in total. The van der Waals surface area contributed by atoms with Gasteiger partial charge in [0.25, 0.3) is 0 Å². The molecule has 0 spiro atoms. The van der Waals surface area contributed by atoms with Gasteiger partial charge in [-0.3, -0.25) is 9.69 Å². The highest BCUT2D eigenvalue weighted by atomic mass is 19.1. The van der Waals surface area contributed by atoms with Crippen LogP contribution in [0, 0.1) is 5.82 Å². The molecule has 0 aliphatic carbocycles. The number of hydrogen-bond acceptors (Lipinski definition) is 2. The molecule has 0 aromatic heterocycles. The Hall–Kier alpha value is -1.48. The summed E-state index contributed by atoms with van der Waals surface area (Å²) in [7, 11) is 0. The molecule has 18 heavy (non-hydrogen) atoms. The fourth-order valence-corrected chi connectivity index (χ4v) is 2.48. The van der Waals surface area contributed by atoms with Gasteiger partial charge in [0.2, 0.25) is 0 Å². The molecule has 0 bridgehead atoms. The fourth-order valence-electron chi connectivity index (χ4n) is 2.48. The highest BCUT2D eigenvalue weighted by molar-refractivity contribution is 6.00. The summed E-state index contributed by atoms with van der Waals surface area (Å²) in [5, 5.41) is 0. The molecule has 96 valence electrons. The lowest BCUT2D eigenvalue weighted by Gasteiger charge is -2.33. The van der Waals surface area contributed by atoms with Gasteiger partial charge >= 0.3 is 0 Å². The minimum atomic E-state index is -0.307. The first-order valence-corrected chi connectivity index (χ1v) is 6.37. The molecule has 3 heteroatoms. The molecular weight excluding hydrogens is 229 g/mol. The number of benzene rings is 1. The molecule has 1 aliphatic rings. The predicted octanol–water partition coefficient (Wildman–Crippen LogP) is 3.05. The first kappa shape index (κ1) is 13.0. The number of ketones is 1. The second-order valence-corrected chi connectivity index (χ2v) is 4.67. The van der Waals surface area contributed by atoms with Crippen molar-refractivity contribution in [3.8, 4) is 0 Å². The molecule has 0 radical (unpaired) electrons. The maximum absolute atomic E-state index is 12.9. The summed E-state index contributed by atoms with van der Waals surface area (Å²) in [6, 6.07) is 5.74. The molecule has 1 aromatic carbocycles. The fraction of sp³-hybridized carbons (Fsp3) is 0.400. The maximum Gasteiger partial charge on any atom is 0.179 e. The van der Waals surface area contributed by atoms with E-state index in [1.165, 1.54) is 12.1 Å². The minimum Gasteiger partial charge on any atom is -0.292 e. The van der Waals surface area contributed by atoms with Crippen LogP contribution in [0.15, 0.2) is 36.9 Å². The Bertz CT molecular complexity index is 427. The summed E-state index contributed by atoms with van der Waals surface area (Å²) in [5.41, 5.74) is 0.595. The van der Waals surface area contributed by atoms with Gasteiger partial charge in [0.05, 0.1) is 6.04 Å². The molecule has 1 atom stereocenters. The first-order valence-electron chi connectivity index (χ1n) is 6.37. The average molecular weight is 247 g/mol. The normalized spacial score (nSPS) is 20.6. The van der Waals surface area contributed by atoms with Crippen molar-refractivity contribution in [1.82, 2.24) is 4.90 Å². The van der Waals surface area contributed by atoms with Crippen LogP contribution in [0.5, 0.6) is 0 Å². The zero-order chi connectivity index (χ0) is 13.0. The van der Waals surface area contributed by atoms with E-state index in [9.17, 15) is 9.18 Å². The molecule has 0 N–H and O–H groups in total. The van der Waals surface area contributed by atoms with Crippen LogP contribution < -0.4 is 0 Å². The van der Waals surface area contributed by atoms with E-state index in [-0.39, 0.29) is 17.6 Å². The smallest absolute Gasteiger partial charge is 0.179 e. The summed E-state index contributed by atoms with van der Waals surface area (Å²) in [5.74, 6) is -0.213. The number of halogens is 1. The van der Waals surface area contributed by atoms with Crippen molar-refractivity contribution in [2.24, 2.45) is 0 Å². The second kappa shape index (κ2) is 5.91. The van der Waals surface area contributed by atoms with Gasteiger partial charge in [0, 0.05) is 12.1 Å². The van der Waals surface area contributed by atoms with E-state index < -0.39 is 0 Å². The quantitative estimate of drug-likeness (QED) is 0.602. The molecule has 1 aliphatic heterocycles. The van der Waals surface area contributed by atoms with E-state index in [1.807, 2.05) is 6.08 Å². The van der Waals surface area contributed by atoms with Crippen LogP contribution >= 0.6 is 0 Å². The zero-order valence-corrected chi connectivity index (χ0v) is 10.4. The third kappa shape index (κ3) is 2.85. The number of likely N-dealkylation sites (tertiary alicyclic amines) is 1. The maximum atomic E-state index is 12.9. The van der Waals surface area contributed by atoms with E-state index >= 15 is 0 Å². The highest BCUT2D eigenvalue weighted by Crippen LogP contribution is 2.20. The third-order valence-corrected chi connectivity index (χ3v) is 3.41. The van der Waals surface area contributed by atoms with Gasteiger partial charge < -0.3 is 0 Å². The van der Waals surface area contributed by atoms with Crippen LogP contribution in [0.2, 0.25) is 0 Å². The molecule has 0 saturated carbocycles. The Labute approximate surface area is 107 Å². The SMILES string of the molecule is C=CCN1CCCCC1C(=O)c1ccc(F)cc1. The van der Waals surface area contributed by atoms with E-state index in [1.54, 1.807) is 12.1 Å². The zero-order valence-electron chi connectivity index (χ0n) is 10.4. The Morgan fingerprint density at radius 3 is 2.78 bits per heavy atom. The van der Waals surface area contributed by atoms with E-state index in [4.69, 9.17) is 0 Å². The molecule has 1 aromatic rings. The number of piperidine rings is 1. The summed E-state index contributed by atoms with van der Waals surface area (Å²) in [6.07, 6.45) is 4.91. The number of rotatable bonds is 4. The van der Waals surface area contributed by atoms with Gasteiger partial charge in [-0.25, -0.2) is 4.39 Å². The third-order valence-electron chi connectivity index (χ3n) is 3.41. The number of carbonyl (C=O) groups excluding carboxylic acids is 1. The van der Waals surface area contributed by atoms with Gasteiger partial charge in [0.1, 0.15) is 5.82 Å². The average Bonchev–Trinajstić information content (AvgIpc) is 2.40. The van der Waals surface area contributed by atoms with Crippen molar-refractivity contribution < 1.29 is 9.18 Å². The van der Waals surface area contributed by atoms with Crippen LogP contribution in [0.1, 0.15) is 29.6 Å². The van der Waals surface area contributed by atoms with Crippen LogP contribution in [0.3, 0.4) is 0 Å². The standard InChI is InChI=1S/C15H18FNO/c1-2-10-17-11-4-3-5-14(17)15(18)12-6-8-13(16)9-7-12/h2,6-9,14H,1,3-5,10-11H2. The summed E-state index contributed by atoms with van der Waals surface area (Å²) in [6.45, 7) is 5.40. The largest absolute Gasteiger partial charge is 0.292 e. The summed E-state index contributed by atoms with van der Waals surface area (Å²) >= 11 is 0. The lowest BCUT2D eigenvalue weighted by atomic mass is 9.94. The van der Waals surface area contributed by atoms with Crippen molar-refractivity contribution >= 4 is 5.78 Å². The minimum absolute atomic E-state index is 0.0813. The lowest BCUT2D eigenvalue weighted by molar-refractivity contribution is 0.0772. The Balaban J connectivity index is 2.15. The van der Waals surface area contributed by atoms with Gasteiger partial charge in [-0.2, -0.15) is 0 Å². The van der Waals surface area contributed by atoms with Crippen LogP contribution in [0.4, 0.5) is 4.39 Å². The highest BCUT2D eigenvalue weighted by Gasteiger charge is 2.28. The van der Waals surface area contributed by atoms with Crippen molar-refractivity contribution in [2.75, 3.05) is 13.1 Å².